The number of nitrogen functional groups attached to an aromatic ring is 1. The molecule has 2 aromatic heterocycles. The van der Waals surface area contributed by atoms with Gasteiger partial charge in [-0.2, -0.15) is 4.98 Å². The van der Waals surface area contributed by atoms with E-state index in [1.807, 2.05) is 30.3 Å². The summed E-state index contributed by atoms with van der Waals surface area (Å²) in [5.74, 6) is 0.853. The van der Waals surface area contributed by atoms with Crippen LogP contribution in [-0.4, -0.2) is 22.0 Å². The van der Waals surface area contributed by atoms with Crippen LogP contribution >= 0.6 is 11.6 Å². The average Bonchev–Trinajstić information content (AvgIpc) is 2.37. The van der Waals surface area contributed by atoms with Crippen LogP contribution in [0.5, 0.6) is 0 Å². The fraction of sp³-hybridized carbons (Fsp3) is 0.250. The lowest BCUT2D eigenvalue weighted by atomic mass is 10.1. The lowest BCUT2D eigenvalue weighted by Crippen LogP contribution is -2.23. The normalized spacial score (nSPS) is 12.2. The maximum atomic E-state index is 5.87. The molecule has 18 heavy (non-hydrogen) atoms. The smallest absolute Gasteiger partial charge is 0.223 e. The highest BCUT2D eigenvalue weighted by molar-refractivity contribution is 6.29. The number of anilines is 2. The predicted octanol–water partition coefficient (Wildman–Crippen LogP) is 2.30. The second-order valence-electron chi connectivity index (χ2n) is 3.98. The summed E-state index contributed by atoms with van der Waals surface area (Å²) in [7, 11) is 1.93. The molecule has 0 saturated heterocycles. The highest BCUT2D eigenvalue weighted by Crippen LogP contribution is 2.24. The Labute approximate surface area is 111 Å². The molecule has 0 radical (unpaired) electrons. The first-order valence-corrected chi connectivity index (χ1v) is 5.88. The molecule has 0 aliphatic carbocycles. The molecular formula is C12H14ClN5. The van der Waals surface area contributed by atoms with Gasteiger partial charge in [-0.3, -0.25) is 4.98 Å². The summed E-state index contributed by atoms with van der Waals surface area (Å²) in [6, 6.07) is 5.72. The van der Waals surface area contributed by atoms with Crippen molar-refractivity contribution < 1.29 is 0 Å². The first-order valence-electron chi connectivity index (χ1n) is 5.50. The van der Waals surface area contributed by atoms with E-state index in [0.29, 0.717) is 11.0 Å². The van der Waals surface area contributed by atoms with Gasteiger partial charge in [-0.1, -0.05) is 17.7 Å². The van der Waals surface area contributed by atoms with Crippen LogP contribution in [0.3, 0.4) is 0 Å². The van der Waals surface area contributed by atoms with E-state index in [1.165, 1.54) is 0 Å². The van der Waals surface area contributed by atoms with E-state index < -0.39 is 0 Å². The van der Waals surface area contributed by atoms with Gasteiger partial charge in [0.05, 0.1) is 6.04 Å². The maximum Gasteiger partial charge on any atom is 0.223 e. The van der Waals surface area contributed by atoms with Crippen molar-refractivity contribution in [2.75, 3.05) is 17.7 Å². The minimum Gasteiger partial charge on any atom is -0.368 e. The van der Waals surface area contributed by atoms with Gasteiger partial charge in [-0.25, -0.2) is 4.98 Å². The number of pyridine rings is 1. The van der Waals surface area contributed by atoms with E-state index >= 15 is 0 Å². The highest BCUT2D eigenvalue weighted by atomic mass is 35.5. The summed E-state index contributed by atoms with van der Waals surface area (Å²) in [6.45, 7) is 2.06. The number of hydrogen-bond donors (Lipinski definition) is 1. The second-order valence-corrected chi connectivity index (χ2v) is 4.37. The van der Waals surface area contributed by atoms with Crippen molar-refractivity contribution >= 4 is 23.4 Å². The Bertz CT molecular complexity index is 511. The van der Waals surface area contributed by atoms with Crippen molar-refractivity contribution in [3.05, 3.63) is 41.3 Å². The zero-order chi connectivity index (χ0) is 13.1. The predicted molar refractivity (Wildman–Crippen MR) is 72.5 cm³/mol. The molecule has 94 valence electrons. The standard InChI is InChI=1S/C12H14ClN5/c1-8(9-4-3-5-15-7-9)18(2)11-6-10(13)16-12(14)17-11/h3-8H,1-2H3,(H2,14,16,17). The lowest BCUT2D eigenvalue weighted by molar-refractivity contribution is 0.724. The Kier molecular flexibility index (Phi) is 3.62. The molecule has 0 spiro atoms. The van der Waals surface area contributed by atoms with Crippen molar-refractivity contribution in [1.29, 1.82) is 0 Å². The van der Waals surface area contributed by atoms with Crippen LogP contribution in [-0.2, 0) is 0 Å². The molecule has 0 bridgehead atoms. The van der Waals surface area contributed by atoms with Crippen molar-refractivity contribution in [3.63, 3.8) is 0 Å². The van der Waals surface area contributed by atoms with Crippen molar-refractivity contribution in [2.45, 2.75) is 13.0 Å². The largest absolute Gasteiger partial charge is 0.368 e. The van der Waals surface area contributed by atoms with E-state index in [9.17, 15) is 0 Å². The zero-order valence-electron chi connectivity index (χ0n) is 10.2. The molecule has 2 N–H and O–H groups in total. The quantitative estimate of drug-likeness (QED) is 0.861. The SMILES string of the molecule is CC(c1cccnc1)N(C)c1cc(Cl)nc(N)n1. The maximum absolute atomic E-state index is 5.87. The van der Waals surface area contributed by atoms with Gasteiger partial charge in [0.1, 0.15) is 11.0 Å². The van der Waals surface area contributed by atoms with E-state index in [1.54, 1.807) is 12.3 Å². The second kappa shape index (κ2) is 5.18. The number of aromatic nitrogens is 3. The fourth-order valence-corrected chi connectivity index (χ4v) is 1.83. The average molecular weight is 264 g/mol. The summed E-state index contributed by atoms with van der Waals surface area (Å²) in [4.78, 5) is 14.1. The fourth-order valence-electron chi connectivity index (χ4n) is 1.65. The van der Waals surface area contributed by atoms with Crippen LogP contribution in [0.2, 0.25) is 5.15 Å². The Morgan fingerprint density at radius 1 is 1.39 bits per heavy atom. The molecule has 0 amide bonds. The summed E-state index contributed by atoms with van der Waals surface area (Å²) in [5.41, 5.74) is 6.68. The van der Waals surface area contributed by atoms with Gasteiger partial charge < -0.3 is 10.6 Å². The van der Waals surface area contributed by atoms with Crippen LogP contribution < -0.4 is 10.6 Å². The number of rotatable bonds is 3. The van der Waals surface area contributed by atoms with Crippen LogP contribution in [0.4, 0.5) is 11.8 Å². The minimum absolute atomic E-state index is 0.115. The molecule has 1 unspecified atom stereocenters. The zero-order valence-corrected chi connectivity index (χ0v) is 11.0. The van der Waals surface area contributed by atoms with E-state index in [2.05, 4.69) is 21.9 Å². The molecule has 6 heteroatoms. The lowest BCUT2D eigenvalue weighted by Gasteiger charge is -2.26. The molecule has 1 atom stereocenters. The third-order valence-corrected chi connectivity index (χ3v) is 3.00. The number of nitrogens with two attached hydrogens (primary N) is 1. The van der Waals surface area contributed by atoms with Gasteiger partial charge >= 0.3 is 0 Å². The van der Waals surface area contributed by atoms with Crippen LogP contribution in [0, 0.1) is 0 Å². The van der Waals surface area contributed by atoms with Gasteiger partial charge in [-0.15, -0.1) is 0 Å². The molecule has 0 fully saturated rings. The molecule has 2 aromatic rings. The molecular weight excluding hydrogens is 250 g/mol. The van der Waals surface area contributed by atoms with E-state index in [4.69, 9.17) is 17.3 Å². The molecule has 2 heterocycles. The Balaban J connectivity index is 2.28. The van der Waals surface area contributed by atoms with Gasteiger partial charge in [0.2, 0.25) is 5.95 Å². The molecule has 2 rings (SSSR count). The van der Waals surface area contributed by atoms with Crippen molar-refractivity contribution in [2.24, 2.45) is 0 Å². The molecule has 5 nitrogen and oxygen atoms in total. The van der Waals surface area contributed by atoms with Crippen molar-refractivity contribution in [3.8, 4) is 0 Å². The summed E-state index contributed by atoms with van der Waals surface area (Å²) < 4.78 is 0. The monoisotopic (exact) mass is 263 g/mol. The first kappa shape index (κ1) is 12.6. The van der Waals surface area contributed by atoms with Crippen LogP contribution in [0.15, 0.2) is 30.6 Å². The van der Waals surface area contributed by atoms with E-state index in [0.717, 1.165) is 5.56 Å². The first-order chi connectivity index (χ1) is 8.58. The molecule has 0 aliphatic rings. The van der Waals surface area contributed by atoms with Gasteiger partial charge in [0, 0.05) is 25.5 Å². The summed E-state index contributed by atoms with van der Waals surface area (Å²) in [6.07, 6.45) is 3.57. The number of nitrogens with zero attached hydrogens (tertiary/aromatic N) is 4. The van der Waals surface area contributed by atoms with Crippen molar-refractivity contribution in [1.82, 2.24) is 15.0 Å². The van der Waals surface area contributed by atoms with Gasteiger partial charge in [0.25, 0.3) is 0 Å². The molecule has 0 aliphatic heterocycles. The highest BCUT2D eigenvalue weighted by Gasteiger charge is 2.14. The summed E-state index contributed by atoms with van der Waals surface area (Å²) in [5, 5.41) is 0.336. The third-order valence-electron chi connectivity index (χ3n) is 2.81. The third kappa shape index (κ3) is 2.68. The van der Waals surface area contributed by atoms with E-state index in [-0.39, 0.29) is 12.0 Å². The molecule has 0 aromatic carbocycles. The Hall–Kier alpha value is -1.88. The molecule has 0 saturated carbocycles. The Morgan fingerprint density at radius 3 is 2.78 bits per heavy atom. The number of hydrogen-bond acceptors (Lipinski definition) is 5. The topological polar surface area (TPSA) is 67.9 Å². The summed E-state index contributed by atoms with van der Waals surface area (Å²) >= 11 is 5.87. The van der Waals surface area contributed by atoms with Crippen LogP contribution in [0.25, 0.3) is 0 Å². The van der Waals surface area contributed by atoms with Crippen LogP contribution in [0.1, 0.15) is 18.5 Å². The number of halogens is 1. The minimum atomic E-state index is 0.115. The van der Waals surface area contributed by atoms with Gasteiger partial charge in [0.15, 0.2) is 0 Å². The van der Waals surface area contributed by atoms with Gasteiger partial charge in [-0.05, 0) is 18.6 Å². The Morgan fingerprint density at radius 2 is 2.17 bits per heavy atom.